The maximum atomic E-state index is 9.95. The van der Waals surface area contributed by atoms with Crippen LogP contribution in [0.4, 0.5) is 5.82 Å². The molecule has 0 amide bonds. The average molecular weight is 370 g/mol. The Kier molecular flexibility index (Phi) is 5.62. The smallest absolute Gasteiger partial charge is 0.134 e. The molecule has 1 aromatic heterocycles. The van der Waals surface area contributed by atoms with Crippen LogP contribution in [0.3, 0.4) is 0 Å². The predicted molar refractivity (Wildman–Crippen MR) is 109 cm³/mol. The Morgan fingerprint density at radius 3 is 2.70 bits per heavy atom. The highest BCUT2D eigenvalue weighted by atomic mass is 16.3. The first-order chi connectivity index (χ1) is 13.2. The van der Waals surface area contributed by atoms with Crippen molar-refractivity contribution in [2.45, 2.75) is 57.7 Å². The fraction of sp³-hybridized carbons (Fsp3) is 0.591. The van der Waals surface area contributed by atoms with Crippen LogP contribution >= 0.6 is 0 Å². The molecule has 5 nitrogen and oxygen atoms in total. The van der Waals surface area contributed by atoms with E-state index >= 15 is 0 Å². The summed E-state index contributed by atoms with van der Waals surface area (Å²) in [6.07, 6.45) is 6.04. The van der Waals surface area contributed by atoms with Crippen molar-refractivity contribution >= 4 is 16.7 Å². The van der Waals surface area contributed by atoms with E-state index in [4.69, 9.17) is 4.98 Å². The molecule has 0 bridgehead atoms. The summed E-state index contributed by atoms with van der Waals surface area (Å²) in [5, 5.41) is 20.7. The molecule has 2 aromatic rings. The number of piperazine rings is 1. The molecule has 1 aromatic carbocycles. The maximum absolute atomic E-state index is 9.95. The number of rotatable bonds is 5. The molecule has 146 valence electrons. The molecule has 2 N–H and O–H groups in total. The van der Waals surface area contributed by atoms with Crippen molar-refractivity contribution in [1.29, 1.82) is 0 Å². The first-order valence-electron chi connectivity index (χ1n) is 10.3. The van der Waals surface area contributed by atoms with E-state index in [2.05, 4.69) is 34.9 Å². The molecule has 2 aliphatic rings. The first-order valence-corrected chi connectivity index (χ1v) is 10.3. The number of hydrogen-bond donors (Lipinski definition) is 2. The minimum Gasteiger partial charge on any atom is -0.396 e. The molecule has 1 saturated carbocycles. The minimum atomic E-state index is -0.000277. The lowest BCUT2D eigenvalue weighted by molar-refractivity contribution is 0.0980. The van der Waals surface area contributed by atoms with Crippen LogP contribution in [-0.4, -0.2) is 58.4 Å². The van der Waals surface area contributed by atoms with Gasteiger partial charge in [-0.1, -0.05) is 31.0 Å². The summed E-state index contributed by atoms with van der Waals surface area (Å²) < 4.78 is 0. The molecular weight excluding hydrogens is 338 g/mol. The Bertz CT molecular complexity index is 788. The Labute approximate surface area is 161 Å². The summed E-state index contributed by atoms with van der Waals surface area (Å²) in [6.45, 7) is 5.11. The summed E-state index contributed by atoms with van der Waals surface area (Å²) in [7, 11) is 0. The van der Waals surface area contributed by atoms with Gasteiger partial charge in [0.2, 0.25) is 0 Å². The van der Waals surface area contributed by atoms with Crippen molar-refractivity contribution in [3.8, 4) is 0 Å². The van der Waals surface area contributed by atoms with Crippen LogP contribution < -0.4 is 4.90 Å². The molecule has 1 atom stereocenters. The fourth-order valence-electron chi connectivity index (χ4n) is 4.96. The zero-order valence-electron chi connectivity index (χ0n) is 16.3. The minimum absolute atomic E-state index is 0.000277. The van der Waals surface area contributed by atoms with E-state index in [9.17, 15) is 10.2 Å². The Morgan fingerprint density at radius 1 is 1.15 bits per heavy atom. The van der Waals surface area contributed by atoms with E-state index in [0.29, 0.717) is 12.1 Å². The number of pyridine rings is 1. The number of para-hydroxylation sites is 1. The SMILES string of the molecule is Cc1cccc2cc(CO)c(N3CCN(C4CCCC4)C(CCO)C3)nc12. The van der Waals surface area contributed by atoms with Gasteiger partial charge in [-0.25, -0.2) is 4.98 Å². The third-order valence-electron chi connectivity index (χ3n) is 6.36. The second-order valence-corrected chi connectivity index (χ2v) is 8.06. The summed E-state index contributed by atoms with van der Waals surface area (Å²) in [5.74, 6) is 0.910. The molecule has 1 aliphatic heterocycles. The maximum Gasteiger partial charge on any atom is 0.134 e. The van der Waals surface area contributed by atoms with Crippen molar-refractivity contribution in [1.82, 2.24) is 9.88 Å². The normalized spacial score (nSPS) is 22.0. The zero-order chi connectivity index (χ0) is 18.8. The van der Waals surface area contributed by atoms with E-state index in [-0.39, 0.29) is 13.2 Å². The van der Waals surface area contributed by atoms with E-state index in [0.717, 1.165) is 53.9 Å². The van der Waals surface area contributed by atoms with Crippen LogP contribution in [0, 0.1) is 6.92 Å². The Balaban J connectivity index is 1.63. The van der Waals surface area contributed by atoms with Gasteiger partial charge in [-0.2, -0.15) is 0 Å². The van der Waals surface area contributed by atoms with Crippen LogP contribution in [0.15, 0.2) is 24.3 Å². The van der Waals surface area contributed by atoms with Gasteiger partial charge in [-0.05, 0) is 37.8 Å². The third-order valence-corrected chi connectivity index (χ3v) is 6.36. The van der Waals surface area contributed by atoms with E-state index in [1.54, 1.807) is 0 Å². The number of benzene rings is 1. The van der Waals surface area contributed by atoms with Gasteiger partial charge in [-0.15, -0.1) is 0 Å². The van der Waals surface area contributed by atoms with Crippen molar-refractivity contribution < 1.29 is 10.2 Å². The second-order valence-electron chi connectivity index (χ2n) is 8.06. The Morgan fingerprint density at radius 2 is 1.96 bits per heavy atom. The van der Waals surface area contributed by atoms with Gasteiger partial charge in [0.25, 0.3) is 0 Å². The van der Waals surface area contributed by atoms with Crippen molar-refractivity contribution in [3.05, 3.63) is 35.4 Å². The lowest BCUT2D eigenvalue weighted by atomic mass is 10.0. The number of aromatic nitrogens is 1. The molecule has 1 aliphatic carbocycles. The van der Waals surface area contributed by atoms with Crippen LogP contribution in [0.25, 0.3) is 10.9 Å². The van der Waals surface area contributed by atoms with Crippen LogP contribution in [0.5, 0.6) is 0 Å². The summed E-state index contributed by atoms with van der Waals surface area (Å²) >= 11 is 0. The number of aliphatic hydroxyl groups excluding tert-OH is 2. The van der Waals surface area contributed by atoms with Gasteiger partial charge in [0, 0.05) is 49.3 Å². The summed E-state index contributed by atoms with van der Waals surface area (Å²) in [6, 6.07) is 9.29. The molecule has 0 radical (unpaired) electrons. The molecule has 5 heteroatoms. The van der Waals surface area contributed by atoms with E-state index in [1.165, 1.54) is 25.7 Å². The number of hydrogen-bond acceptors (Lipinski definition) is 5. The zero-order valence-corrected chi connectivity index (χ0v) is 16.3. The highest BCUT2D eigenvalue weighted by molar-refractivity contribution is 5.84. The fourth-order valence-corrected chi connectivity index (χ4v) is 4.96. The molecule has 0 spiro atoms. The molecule has 27 heavy (non-hydrogen) atoms. The van der Waals surface area contributed by atoms with E-state index in [1.807, 2.05) is 6.07 Å². The lowest BCUT2D eigenvalue weighted by Crippen LogP contribution is -2.56. The lowest BCUT2D eigenvalue weighted by Gasteiger charge is -2.45. The molecule has 2 fully saturated rings. The van der Waals surface area contributed by atoms with Gasteiger partial charge >= 0.3 is 0 Å². The monoisotopic (exact) mass is 369 g/mol. The van der Waals surface area contributed by atoms with Gasteiger partial charge in [0.05, 0.1) is 12.1 Å². The third kappa shape index (κ3) is 3.68. The summed E-state index contributed by atoms with van der Waals surface area (Å²) in [4.78, 5) is 9.92. The predicted octanol–water partition coefficient (Wildman–Crippen LogP) is 2.85. The highest BCUT2D eigenvalue weighted by Crippen LogP contribution is 2.31. The van der Waals surface area contributed by atoms with Gasteiger partial charge in [0.1, 0.15) is 5.82 Å². The largest absolute Gasteiger partial charge is 0.396 e. The standard InChI is InChI=1S/C22H31N3O2/c1-16-5-4-6-17-13-18(15-27)22(23-21(16)17)24-10-11-25(19-7-2-3-8-19)20(14-24)9-12-26/h4-6,13,19-20,26-27H,2-3,7-12,14-15H2,1H3. The quantitative estimate of drug-likeness (QED) is 0.849. The molecule has 2 heterocycles. The van der Waals surface area contributed by atoms with Crippen molar-refractivity contribution in [2.75, 3.05) is 31.1 Å². The molecule has 1 unspecified atom stereocenters. The average Bonchev–Trinajstić information content (AvgIpc) is 3.22. The topological polar surface area (TPSA) is 59.8 Å². The second kappa shape index (κ2) is 8.13. The molecule has 4 rings (SSSR count). The van der Waals surface area contributed by atoms with Crippen LogP contribution in [0.2, 0.25) is 0 Å². The first kappa shape index (κ1) is 18.7. The van der Waals surface area contributed by atoms with Crippen LogP contribution in [-0.2, 0) is 6.61 Å². The molecular formula is C22H31N3O2. The van der Waals surface area contributed by atoms with Crippen molar-refractivity contribution in [3.63, 3.8) is 0 Å². The molecule has 1 saturated heterocycles. The number of fused-ring (bicyclic) bond motifs is 1. The van der Waals surface area contributed by atoms with E-state index < -0.39 is 0 Å². The van der Waals surface area contributed by atoms with Crippen LogP contribution in [0.1, 0.15) is 43.2 Å². The summed E-state index contributed by atoms with van der Waals surface area (Å²) in [5.41, 5.74) is 3.07. The van der Waals surface area contributed by atoms with Gasteiger partial charge in [0.15, 0.2) is 0 Å². The highest BCUT2D eigenvalue weighted by Gasteiger charge is 2.34. The van der Waals surface area contributed by atoms with Gasteiger partial charge in [-0.3, -0.25) is 4.90 Å². The Hall–Kier alpha value is -1.69. The number of aliphatic hydroxyl groups is 2. The number of nitrogens with zero attached hydrogens (tertiary/aromatic N) is 3. The van der Waals surface area contributed by atoms with Crippen molar-refractivity contribution in [2.24, 2.45) is 0 Å². The number of aryl methyl sites for hydroxylation is 1. The number of anilines is 1. The van der Waals surface area contributed by atoms with Gasteiger partial charge < -0.3 is 15.1 Å².